The quantitative estimate of drug-likeness (QED) is 0.689. The maximum absolute atomic E-state index is 11.0. The molecule has 0 aromatic heterocycles. The van der Waals surface area contributed by atoms with Crippen molar-refractivity contribution >= 4 is 5.78 Å². The highest BCUT2D eigenvalue weighted by atomic mass is 16.1. The highest BCUT2D eigenvalue weighted by Gasteiger charge is 2.06. The summed E-state index contributed by atoms with van der Waals surface area (Å²) in [6.45, 7) is 3.65. The van der Waals surface area contributed by atoms with Crippen LogP contribution in [0.1, 0.15) is 25.8 Å². The molecule has 0 saturated carbocycles. The second-order valence-corrected chi connectivity index (χ2v) is 3.54. The Bertz CT molecular complexity index is 264. The number of benzene rings is 1. The zero-order chi connectivity index (χ0) is 9.68. The molecule has 0 amide bonds. The van der Waals surface area contributed by atoms with E-state index in [1.54, 1.807) is 6.92 Å². The average Bonchev–Trinajstić information content (AvgIpc) is 2.15. The van der Waals surface area contributed by atoms with Gasteiger partial charge in [-0.2, -0.15) is 0 Å². The van der Waals surface area contributed by atoms with Gasteiger partial charge in [-0.3, -0.25) is 4.79 Å². The summed E-state index contributed by atoms with van der Waals surface area (Å²) in [5.74, 6) is 0.483. The molecule has 0 heterocycles. The summed E-state index contributed by atoms with van der Waals surface area (Å²) in [6.07, 6.45) is 1.96. The van der Waals surface area contributed by atoms with Gasteiger partial charge >= 0.3 is 0 Å². The standard InChI is InChI=1S/C12H16O/c1-10(11(2)13)8-9-12-6-4-3-5-7-12/h3-7,10H,8-9H2,1-2H3/t10-/m1/s1. The van der Waals surface area contributed by atoms with Crippen molar-refractivity contribution in [3.05, 3.63) is 35.9 Å². The first kappa shape index (κ1) is 9.97. The smallest absolute Gasteiger partial charge is 0.132 e. The molecule has 13 heavy (non-hydrogen) atoms. The van der Waals surface area contributed by atoms with Crippen LogP contribution in [0.25, 0.3) is 0 Å². The number of rotatable bonds is 4. The van der Waals surface area contributed by atoms with Gasteiger partial charge in [-0.1, -0.05) is 37.3 Å². The lowest BCUT2D eigenvalue weighted by Crippen LogP contribution is -2.07. The number of ketones is 1. The first-order valence-corrected chi connectivity index (χ1v) is 4.74. The van der Waals surface area contributed by atoms with Crippen molar-refractivity contribution in [2.75, 3.05) is 0 Å². The molecule has 70 valence electrons. The van der Waals surface area contributed by atoms with Crippen LogP contribution in [0, 0.1) is 5.92 Å². The molecule has 0 fully saturated rings. The fourth-order valence-corrected chi connectivity index (χ4v) is 1.23. The summed E-state index contributed by atoms with van der Waals surface area (Å²) in [4.78, 5) is 11.0. The molecule has 0 unspecified atom stereocenters. The number of carbonyl (C=O) groups is 1. The van der Waals surface area contributed by atoms with Crippen molar-refractivity contribution < 1.29 is 4.79 Å². The Kier molecular flexibility index (Phi) is 3.69. The predicted molar refractivity (Wildman–Crippen MR) is 54.6 cm³/mol. The summed E-state index contributed by atoms with van der Waals surface area (Å²) in [5, 5.41) is 0. The van der Waals surface area contributed by atoms with Crippen LogP contribution in [0.4, 0.5) is 0 Å². The summed E-state index contributed by atoms with van der Waals surface area (Å²) >= 11 is 0. The van der Waals surface area contributed by atoms with Gasteiger partial charge in [0.2, 0.25) is 0 Å². The van der Waals surface area contributed by atoms with Crippen LogP contribution < -0.4 is 0 Å². The molecular formula is C12H16O. The molecular weight excluding hydrogens is 160 g/mol. The van der Waals surface area contributed by atoms with Gasteiger partial charge in [0.05, 0.1) is 0 Å². The number of hydrogen-bond donors (Lipinski definition) is 0. The minimum Gasteiger partial charge on any atom is -0.300 e. The van der Waals surface area contributed by atoms with E-state index in [0.717, 1.165) is 12.8 Å². The van der Waals surface area contributed by atoms with Crippen LogP contribution >= 0.6 is 0 Å². The van der Waals surface area contributed by atoms with Crippen molar-refractivity contribution in [2.45, 2.75) is 26.7 Å². The Labute approximate surface area is 79.8 Å². The van der Waals surface area contributed by atoms with Crippen molar-refractivity contribution in [3.8, 4) is 0 Å². The monoisotopic (exact) mass is 176 g/mol. The fourth-order valence-electron chi connectivity index (χ4n) is 1.23. The highest BCUT2D eigenvalue weighted by molar-refractivity contribution is 5.77. The lowest BCUT2D eigenvalue weighted by molar-refractivity contribution is -0.120. The lowest BCUT2D eigenvalue weighted by atomic mass is 9.98. The molecule has 0 N–H and O–H groups in total. The maximum Gasteiger partial charge on any atom is 0.132 e. The Morgan fingerprint density at radius 3 is 2.46 bits per heavy atom. The Morgan fingerprint density at radius 1 is 1.31 bits per heavy atom. The third-order valence-electron chi connectivity index (χ3n) is 2.40. The molecule has 0 aliphatic heterocycles. The van der Waals surface area contributed by atoms with Gasteiger partial charge in [0, 0.05) is 5.92 Å². The summed E-state index contributed by atoms with van der Waals surface area (Å²) < 4.78 is 0. The van der Waals surface area contributed by atoms with Crippen molar-refractivity contribution in [3.63, 3.8) is 0 Å². The van der Waals surface area contributed by atoms with Crippen LogP contribution in [0.3, 0.4) is 0 Å². The van der Waals surface area contributed by atoms with Crippen LogP contribution in [-0.2, 0) is 11.2 Å². The number of hydrogen-bond acceptors (Lipinski definition) is 1. The number of Topliss-reactive ketones (excluding diaryl/α,β-unsaturated/α-hetero) is 1. The topological polar surface area (TPSA) is 17.1 Å². The third-order valence-corrected chi connectivity index (χ3v) is 2.40. The lowest BCUT2D eigenvalue weighted by Gasteiger charge is -2.06. The molecule has 1 nitrogen and oxygen atoms in total. The molecule has 0 radical (unpaired) electrons. The van der Waals surface area contributed by atoms with Gasteiger partial charge in [0.15, 0.2) is 0 Å². The second kappa shape index (κ2) is 4.80. The molecule has 1 aromatic carbocycles. The van der Waals surface area contributed by atoms with E-state index in [9.17, 15) is 4.79 Å². The molecule has 1 atom stereocenters. The van der Waals surface area contributed by atoms with Gasteiger partial charge in [0.1, 0.15) is 5.78 Å². The first-order valence-electron chi connectivity index (χ1n) is 4.74. The summed E-state index contributed by atoms with van der Waals surface area (Å²) in [6, 6.07) is 10.3. The van der Waals surface area contributed by atoms with Crippen molar-refractivity contribution in [2.24, 2.45) is 5.92 Å². The van der Waals surface area contributed by atoms with Crippen LogP contribution in [0.15, 0.2) is 30.3 Å². The Hall–Kier alpha value is -1.11. The zero-order valence-corrected chi connectivity index (χ0v) is 8.29. The van der Waals surface area contributed by atoms with E-state index < -0.39 is 0 Å². The van der Waals surface area contributed by atoms with Gasteiger partial charge < -0.3 is 0 Å². The SMILES string of the molecule is CC(=O)[C@H](C)CCc1ccccc1. The normalized spacial score (nSPS) is 12.5. The van der Waals surface area contributed by atoms with Gasteiger partial charge in [0.25, 0.3) is 0 Å². The highest BCUT2D eigenvalue weighted by Crippen LogP contribution is 2.09. The van der Waals surface area contributed by atoms with E-state index >= 15 is 0 Å². The molecule has 0 aliphatic carbocycles. The van der Waals surface area contributed by atoms with Gasteiger partial charge in [-0.25, -0.2) is 0 Å². The average molecular weight is 176 g/mol. The second-order valence-electron chi connectivity index (χ2n) is 3.54. The molecule has 0 bridgehead atoms. The van der Waals surface area contributed by atoms with Gasteiger partial charge in [-0.15, -0.1) is 0 Å². The van der Waals surface area contributed by atoms with E-state index in [2.05, 4.69) is 12.1 Å². The number of aryl methyl sites for hydroxylation is 1. The molecule has 1 heteroatoms. The predicted octanol–water partition coefficient (Wildman–Crippen LogP) is 2.84. The molecule has 1 rings (SSSR count). The van der Waals surface area contributed by atoms with E-state index in [1.165, 1.54) is 5.56 Å². The van der Waals surface area contributed by atoms with E-state index in [1.807, 2.05) is 25.1 Å². The van der Waals surface area contributed by atoms with Crippen LogP contribution in [-0.4, -0.2) is 5.78 Å². The minimum absolute atomic E-state index is 0.195. The van der Waals surface area contributed by atoms with Crippen molar-refractivity contribution in [1.29, 1.82) is 0 Å². The zero-order valence-electron chi connectivity index (χ0n) is 8.29. The fraction of sp³-hybridized carbons (Fsp3) is 0.417. The Balaban J connectivity index is 2.39. The largest absolute Gasteiger partial charge is 0.300 e. The number of carbonyl (C=O) groups excluding carboxylic acids is 1. The van der Waals surface area contributed by atoms with Crippen LogP contribution in [0.5, 0.6) is 0 Å². The Morgan fingerprint density at radius 2 is 1.92 bits per heavy atom. The maximum atomic E-state index is 11.0. The van der Waals surface area contributed by atoms with E-state index in [-0.39, 0.29) is 11.7 Å². The van der Waals surface area contributed by atoms with Crippen molar-refractivity contribution in [1.82, 2.24) is 0 Å². The molecule has 0 saturated heterocycles. The van der Waals surface area contributed by atoms with E-state index in [4.69, 9.17) is 0 Å². The van der Waals surface area contributed by atoms with Gasteiger partial charge in [-0.05, 0) is 25.3 Å². The summed E-state index contributed by atoms with van der Waals surface area (Å²) in [5.41, 5.74) is 1.32. The van der Waals surface area contributed by atoms with E-state index in [0.29, 0.717) is 0 Å². The summed E-state index contributed by atoms with van der Waals surface area (Å²) in [7, 11) is 0. The molecule has 0 spiro atoms. The minimum atomic E-state index is 0.195. The molecule has 1 aromatic rings. The molecule has 0 aliphatic rings. The van der Waals surface area contributed by atoms with Crippen LogP contribution in [0.2, 0.25) is 0 Å². The first-order chi connectivity index (χ1) is 6.20. The third kappa shape index (κ3) is 3.41.